The van der Waals surface area contributed by atoms with Crippen LogP contribution in [-0.4, -0.2) is 54.0 Å². The van der Waals surface area contributed by atoms with Crippen molar-refractivity contribution in [2.45, 2.75) is 25.7 Å². The Hall–Kier alpha value is -4.10. The topological polar surface area (TPSA) is 138 Å². The van der Waals surface area contributed by atoms with Crippen LogP contribution in [0.4, 0.5) is 13.2 Å². The lowest BCUT2D eigenvalue weighted by molar-refractivity contribution is -0.274. The van der Waals surface area contributed by atoms with Crippen LogP contribution in [0.25, 0.3) is 22.0 Å². The molecule has 0 saturated heterocycles. The first-order valence-electron chi connectivity index (χ1n) is 11.8. The van der Waals surface area contributed by atoms with Gasteiger partial charge in [0, 0.05) is 24.3 Å². The number of nitrogens with zero attached hydrogens (tertiary/aromatic N) is 2. The number of halogens is 3. The number of unbranched alkanes of at least 4 members (excludes halogenated alkanes) is 1. The van der Waals surface area contributed by atoms with E-state index in [1.807, 2.05) is 12.1 Å². The highest BCUT2D eigenvalue weighted by Crippen LogP contribution is 2.31. The summed E-state index contributed by atoms with van der Waals surface area (Å²) in [7, 11) is 0. The van der Waals surface area contributed by atoms with E-state index in [0.29, 0.717) is 37.7 Å². The zero-order valence-corrected chi connectivity index (χ0v) is 20.2. The minimum Gasteiger partial charge on any atom is -0.490 e. The lowest BCUT2D eigenvalue weighted by Crippen LogP contribution is -2.20. The first-order valence-corrected chi connectivity index (χ1v) is 11.8. The van der Waals surface area contributed by atoms with Gasteiger partial charge in [-0.25, -0.2) is 0 Å². The van der Waals surface area contributed by atoms with E-state index in [2.05, 4.69) is 25.4 Å². The Morgan fingerprint density at radius 2 is 1.92 bits per heavy atom. The van der Waals surface area contributed by atoms with Gasteiger partial charge in [0.25, 0.3) is 0 Å². The van der Waals surface area contributed by atoms with Crippen LogP contribution >= 0.6 is 0 Å². The molecule has 0 atom stereocenters. The molecular formula is C25H26F3N5O5. The Morgan fingerprint density at radius 1 is 1.05 bits per heavy atom. The van der Waals surface area contributed by atoms with Gasteiger partial charge in [0.2, 0.25) is 5.91 Å². The van der Waals surface area contributed by atoms with Crippen LogP contribution in [0.5, 0.6) is 11.5 Å². The van der Waals surface area contributed by atoms with Crippen molar-refractivity contribution in [1.29, 1.82) is 0 Å². The van der Waals surface area contributed by atoms with Crippen molar-refractivity contribution in [2.24, 2.45) is 5.73 Å². The standard InChI is InChI=1S/C25H26F3N5O5/c26-25(27,28)38-20-8-16(7-18(9-20)24(29)34)12-30-3-1-2-4-35-5-6-36-23-11-17(19-13-32-37-15-19)10-22-21(23)14-31-33-22/h7-11,13-15,30H,1-6,12H2,(H2,29,34)(H,31,33). The molecule has 2 heterocycles. The minimum atomic E-state index is -4.86. The lowest BCUT2D eigenvalue weighted by Gasteiger charge is -2.12. The predicted molar refractivity (Wildman–Crippen MR) is 130 cm³/mol. The second-order valence-electron chi connectivity index (χ2n) is 8.34. The number of rotatable bonds is 14. The molecule has 0 aliphatic rings. The highest BCUT2D eigenvalue weighted by molar-refractivity contribution is 5.93. The molecule has 0 spiro atoms. The number of aromatic nitrogens is 3. The van der Waals surface area contributed by atoms with E-state index in [9.17, 15) is 18.0 Å². The monoisotopic (exact) mass is 533 g/mol. The number of nitrogens with two attached hydrogens (primary N) is 1. The van der Waals surface area contributed by atoms with Crippen LogP contribution in [-0.2, 0) is 11.3 Å². The molecule has 0 saturated carbocycles. The van der Waals surface area contributed by atoms with Gasteiger partial charge < -0.3 is 29.8 Å². The lowest BCUT2D eigenvalue weighted by atomic mass is 10.1. The van der Waals surface area contributed by atoms with Crippen LogP contribution in [0, 0.1) is 0 Å². The van der Waals surface area contributed by atoms with Crippen LogP contribution in [0.15, 0.2) is 53.5 Å². The van der Waals surface area contributed by atoms with Crippen molar-refractivity contribution in [2.75, 3.05) is 26.4 Å². The summed E-state index contributed by atoms with van der Waals surface area (Å²) in [5.41, 5.74) is 8.15. The maximum Gasteiger partial charge on any atom is 0.573 e. The average molecular weight is 534 g/mol. The molecule has 38 heavy (non-hydrogen) atoms. The molecule has 4 aromatic rings. The summed E-state index contributed by atoms with van der Waals surface area (Å²) in [6, 6.07) is 7.45. The largest absolute Gasteiger partial charge is 0.573 e. The molecule has 4 rings (SSSR count). The summed E-state index contributed by atoms with van der Waals surface area (Å²) in [6.45, 7) is 2.12. The molecule has 4 N–H and O–H groups in total. The highest BCUT2D eigenvalue weighted by Gasteiger charge is 2.31. The number of fused-ring (bicyclic) bond motifs is 1. The molecule has 0 unspecified atom stereocenters. The zero-order chi connectivity index (χ0) is 27.0. The number of aromatic amines is 1. The van der Waals surface area contributed by atoms with Crippen molar-refractivity contribution in [1.82, 2.24) is 20.7 Å². The van der Waals surface area contributed by atoms with E-state index < -0.39 is 18.0 Å². The van der Waals surface area contributed by atoms with Gasteiger partial charge in [-0.3, -0.25) is 9.89 Å². The van der Waals surface area contributed by atoms with Gasteiger partial charge in [0.1, 0.15) is 24.4 Å². The summed E-state index contributed by atoms with van der Waals surface area (Å²) in [5.74, 6) is -0.651. The highest BCUT2D eigenvalue weighted by atomic mass is 19.4. The fourth-order valence-corrected chi connectivity index (χ4v) is 3.75. The molecule has 0 aliphatic heterocycles. The molecule has 202 valence electrons. The van der Waals surface area contributed by atoms with Crippen molar-refractivity contribution in [3.63, 3.8) is 0 Å². The second-order valence-corrected chi connectivity index (χ2v) is 8.34. The Bertz CT molecular complexity index is 1340. The summed E-state index contributed by atoms with van der Waals surface area (Å²) in [6.07, 6.45) is 1.56. The van der Waals surface area contributed by atoms with E-state index in [0.717, 1.165) is 40.9 Å². The number of amides is 1. The van der Waals surface area contributed by atoms with Gasteiger partial charge in [0.05, 0.1) is 29.9 Å². The second kappa shape index (κ2) is 12.4. The minimum absolute atomic E-state index is 0.0575. The Morgan fingerprint density at radius 3 is 2.68 bits per heavy atom. The van der Waals surface area contributed by atoms with Gasteiger partial charge in [-0.05, 0) is 60.8 Å². The van der Waals surface area contributed by atoms with Gasteiger partial charge in [-0.2, -0.15) is 5.10 Å². The SMILES string of the molecule is NC(=O)c1cc(CNCCCCOCCOc2cc(-c3cnoc3)cc3[nH]ncc23)cc(OC(F)(F)F)c1. The summed E-state index contributed by atoms with van der Waals surface area (Å²) in [4.78, 5) is 11.4. The van der Waals surface area contributed by atoms with Crippen molar-refractivity contribution < 1.29 is 36.7 Å². The fraction of sp³-hybridized carbons (Fsp3) is 0.320. The number of alkyl halides is 3. The summed E-state index contributed by atoms with van der Waals surface area (Å²) < 4.78 is 58.0. The van der Waals surface area contributed by atoms with E-state index in [1.165, 1.54) is 12.1 Å². The molecule has 1 amide bonds. The maximum atomic E-state index is 12.5. The number of hydrogen-bond acceptors (Lipinski definition) is 8. The maximum absolute atomic E-state index is 12.5. The van der Waals surface area contributed by atoms with Gasteiger partial charge in [0.15, 0.2) is 0 Å². The first kappa shape index (κ1) is 26.9. The number of primary amides is 1. The molecule has 0 radical (unpaired) electrons. The fourth-order valence-electron chi connectivity index (χ4n) is 3.75. The molecule has 2 aromatic heterocycles. The molecule has 13 heteroatoms. The Labute approximate surface area is 215 Å². The Kier molecular flexibility index (Phi) is 8.81. The molecular weight excluding hydrogens is 507 g/mol. The molecule has 2 aromatic carbocycles. The number of H-pyrrole nitrogens is 1. The molecule has 0 fully saturated rings. The van der Waals surface area contributed by atoms with E-state index in [1.54, 1.807) is 18.7 Å². The third kappa shape index (κ3) is 7.70. The quantitative estimate of drug-likeness (QED) is 0.205. The van der Waals surface area contributed by atoms with E-state index >= 15 is 0 Å². The molecule has 10 nitrogen and oxygen atoms in total. The van der Waals surface area contributed by atoms with Crippen molar-refractivity contribution in [3.05, 3.63) is 60.1 Å². The first-order chi connectivity index (χ1) is 18.3. The molecule has 0 bridgehead atoms. The normalized spacial score (nSPS) is 11.7. The summed E-state index contributed by atoms with van der Waals surface area (Å²) in [5, 5.41) is 14.7. The van der Waals surface area contributed by atoms with Crippen LogP contribution < -0.4 is 20.5 Å². The number of carbonyl (C=O) groups excluding carboxylic acids is 1. The van der Waals surface area contributed by atoms with Gasteiger partial charge in [-0.15, -0.1) is 13.2 Å². The summed E-state index contributed by atoms with van der Waals surface area (Å²) >= 11 is 0. The van der Waals surface area contributed by atoms with Crippen molar-refractivity contribution in [3.8, 4) is 22.6 Å². The number of nitrogens with one attached hydrogen (secondary N) is 2. The predicted octanol–water partition coefficient (Wildman–Crippen LogP) is 4.18. The third-order valence-electron chi connectivity index (χ3n) is 5.48. The van der Waals surface area contributed by atoms with E-state index in [-0.39, 0.29) is 12.1 Å². The zero-order valence-electron chi connectivity index (χ0n) is 20.2. The number of carbonyl (C=O) groups is 1. The van der Waals surface area contributed by atoms with Crippen LogP contribution in [0.1, 0.15) is 28.8 Å². The Balaban J connectivity index is 1.14. The number of hydrogen-bond donors (Lipinski definition) is 3. The molecule has 0 aliphatic carbocycles. The van der Waals surface area contributed by atoms with Crippen LogP contribution in [0.3, 0.4) is 0 Å². The van der Waals surface area contributed by atoms with Crippen LogP contribution in [0.2, 0.25) is 0 Å². The van der Waals surface area contributed by atoms with E-state index in [4.69, 9.17) is 19.7 Å². The smallest absolute Gasteiger partial charge is 0.490 e. The van der Waals surface area contributed by atoms with Gasteiger partial charge in [-0.1, -0.05) is 5.16 Å². The third-order valence-corrected chi connectivity index (χ3v) is 5.48. The number of benzene rings is 2. The van der Waals surface area contributed by atoms with Gasteiger partial charge >= 0.3 is 6.36 Å². The number of ether oxygens (including phenoxy) is 3. The van der Waals surface area contributed by atoms with Crippen molar-refractivity contribution >= 4 is 16.8 Å². The average Bonchev–Trinajstić information content (AvgIpc) is 3.56.